The summed E-state index contributed by atoms with van der Waals surface area (Å²) < 4.78 is 2.33. The first-order valence-electron chi connectivity index (χ1n) is 8.77. The van der Waals surface area contributed by atoms with Crippen molar-refractivity contribution in [3.8, 4) is 11.4 Å². The van der Waals surface area contributed by atoms with Crippen LogP contribution in [0.3, 0.4) is 0 Å². The molecule has 0 unspecified atom stereocenters. The Morgan fingerprint density at radius 2 is 1.67 bits per heavy atom. The monoisotopic (exact) mass is 321 g/mol. The van der Waals surface area contributed by atoms with Crippen molar-refractivity contribution in [1.82, 2.24) is 9.55 Å². The Morgan fingerprint density at radius 1 is 0.958 bits per heavy atom. The fourth-order valence-corrected chi connectivity index (χ4v) is 3.06. The van der Waals surface area contributed by atoms with Crippen LogP contribution in [-0.2, 0) is 12.0 Å². The fourth-order valence-electron chi connectivity index (χ4n) is 3.06. The minimum Gasteiger partial charge on any atom is -0.330 e. The van der Waals surface area contributed by atoms with Gasteiger partial charge in [-0.05, 0) is 42.5 Å². The molecule has 3 aromatic rings. The Hall–Kier alpha value is -2.13. The zero-order chi connectivity index (χ0) is 17.2. The maximum atomic E-state index is 5.66. The fraction of sp³-hybridized carbons (Fsp3) is 0.381. The molecule has 0 amide bonds. The van der Waals surface area contributed by atoms with Gasteiger partial charge in [-0.3, -0.25) is 0 Å². The Balaban J connectivity index is 2.03. The maximum absolute atomic E-state index is 5.66. The van der Waals surface area contributed by atoms with Gasteiger partial charge in [0.25, 0.3) is 0 Å². The summed E-state index contributed by atoms with van der Waals surface area (Å²) in [6.07, 6.45) is 2.11. The molecule has 0 saturated carbocycles. The lowest BCUT2D eigenvalue weighted by Crippen LogP contribution is -2.10. The van der Waals surface area contributed by atoms with E-state index in [-0.39, 0.29) is 5.41 Å². The highest BCUT2D eigenvalue weighted by Gasteiger charge is 2.15. The molecule has 0 atom stereocenters. The van der Waals surface area contributed by atoms with Crippen LogP contribution in [0.25, 0.3) is 22.4 Å². The molecule has 0 fully saturated rings. The zero-order valence-corrected chi connectivity index (χ0v) is 14.9. The van der Waals surface area contributed by atoms with Gasteiger partial charge >= 0.3 is 0 Å². The van der Waals surface area contributed by atoms with Gasteiger partial charge in [-0.25, -0.2) is 4.98 Å². The summed E-state index contributed by atoms with van der Waals surface area (Å²) in [4.78, 5) is 4.89. The van der Waals surface area contributed by atoms with Crippen molar-refractivity contribution in [1.29, 1.82) is 0 Å². The minimum atomic E-state index is 0.166. The summed E-state index contributed by atoms with van der Waals surface area (Å²) in [6, 6.07) is 17.2. The van der Waals surface area contributed by atoms with Gasteiger partial charge in [0.1, 0.15) is 5.82 Å². The third kappa shape index (κ3) is 3.36. The number of imidazole rings is 1. The van der Waals surface area contributed by atoms with Crippen molar-refractivity contribution in [2.75, 3.05) is 6.54 Å². The summed E-state index contributed by atoms with van der Waals surface area (Å²) >= 11 is 0. The van der Waals surface area contributed by atoms with Crippen molar-refractivity contribution in [2.45, 2.75) is 45.6 Å². The molecule has 3 rings (SSSR count). The quantitative estimate of drug-likeness (QED) is 0.690. The number of hydrogen-bond acceptors (Lipinski definition) is 2. The van der Waals surface area contributed by atoms with Crippen molar-refractivity contribution in [3.05, 3.63) is 54.1 Å². The molecular formula is C21H27N3. The Labute approximate surface area is 144 Å². The van der Waals surface area contributed by atoms with Gasteiger partial charge in [0.05, 0.1) is 11.0 Å². The third-order valence-corrected chi connectivity index (χ3v) is 4.50. The van der Waals surface area contributed by atoms with Crippen LogP contribution in [0.15, 0.2) is 48.5 Å². The minimum absolute atomic E-state index is 0.166. The number of aryl methyl sites for hydroxylation is 1. The van der Waals surface area contributed by atoms with Crippen LogP contribution in [0.4, 0.5) is 0 Å². The van der Waals surface area contributed by atoms with Crippen LogP contribution in [0, 0.1) is 0 Å². The molecule has 2 aromatic carbocycles. The normalized spacial score (nSPS) is 12.0. The SMILES string of the molecule is CC(C)(C)c1ccc(-c2nc3ccccc3n2CCCCN)cc1. The van der Waals surface area contributed by atoms with Gasteiger partial charge in [0.15, 0.2) is 0 Å². The van der Waals surface area contributed by atoms with Gasteiger partial charge < -0.3 is 10.3 Å². The second-order valence-corrected chi connectivity index (χ2v) is 7.40. The average Bonchev–Trinajstić information content (AvgIpc) is 2.93. The van der Waals surface area contributed by atoms with Gasteiger partial charge in [-0.1, -0.05) is 57.2 Å². The van der Waals surface area contributed by atoms with Crippen molar-refractivity contribution in [3.63, 3.8) is 0 Å². The topological polar surface area (TPSA) is 43.8 Å². The van der Waals surface area contributed by atoms with Crippen LogP contribution in [-0.4, -0.2) is 16.1 Å². The molecule has 0 aliphatic carbocycles. The van der Waals surface area contributed by atoms with Gasteiger partial charge in [0.2, 0.25) is 0 Å². The number of fused-ring (bicyclic) bond motifs is 1. The van der Waals surface area contributed by atoms with E-state index in [0.29, 0.717) is 0 Å². The summed E-state index contributed by atoms with van der Waals surface area (Å²) in [5, 5.41) is 0. The smallest absolute Gasteiger partial charge is 0.141 e. The molecule has 126 valence electrons. The second-order valence-electron chi connectivity index (χ2n) is 7.40. The number of rotatable bonds is 5. The van der Waals surface area contributed by atoms with E-state index in [1.165, 1.54) is 16.6 Å². The van der Waals surface area contributed by atoms with Crippen LogP contribution in [0.5, 0.6) is 0 Å². The first-order chi connectivity index (χ1) is 11.5. The van der Waals surface area contributed by atoms with E-state index >= 15 is 0 Å². The maximum Gasteiger partial charge on any atom is 0.141 e. The summed E-state index contributed by atoms with van der Waals surface area (Å²) in [7, 11) is 0. The number of nitrogens with zero attached hydrogens (tertiary/aromatic N) is 2. The van der Waals surface area contributed by atoms with E-state index in [9.17, 15) is 0 Å². The summed E-state index contributed by atoms with van der Waals surface area (Å²) in [6.45, 7) is 8.41. The highest BCUT2D eigenvalue weighted by atomic mass is 15.1. The Bertz CT molecular complexity index is 807. The second kappa shape index (κ2) is 6.78. The molecule has 1 heterocycles. The molecule has 3 heteroatoms. The lowest BCUT2D eigenvalue weighted by molar-refractivity contribution is 0.590. The lowest BCUT2D eigenvalue weighted by atomic mass is 9.87. The van der Waals surface area contributed by atoms with E-state index in [0.717, 1.165) is 37.3 Å². The molecule has 3 nitrogen and oxygen atoms in total. The molecule has 0 spiro atoms. The zero-order valence-electron chi connectivity index (χ0n) is 14.9. The van der Waals surface area contributed by atoms with Crippen molar-refractivity contribution >= 4 is 11.0 Å². The number of unbranched alkanes of at least 4 members (excludes halogenated alkanes) is 1. The molecule has 0 aliphatic rings. The number of para-hydroxylation sites is 2. The average molecular weight is 321 g/mol. The standard InChI is InChI=1S/C21H27N3/c1-21(2,3)17-12-10-16(11-13-17)20-23-18-8-4-5-9-19(18)24(20)15-7-6-14-22/h4-5,8-13H,6-7,14-15,22H2,1-3H3. The van der Waals surface area contributed by atoms with E-state index in [1.807, 2.05) is 6.07 Å². The van der Waals surface area contributed by atoms with Crippen molar-refractivity contribution in [2.24, 2.45) is 5.73 Å². The molecule has 0 bridgehead atoms. The van der Waals surface area contributed by atoms with Crippen LogP contribution < -0.4 is 5.73 Å². The first kappa shape index (κ1) is 16.7. The summed E-state index contributed by atoms with van der Waals surface area (Å²) in [5.74, 6) is 1.05. The van der Waals surface area contributed by atoms with E-state index in [2.05, 4.69) is 67.8 Å². The Morgan fingerprint density at radius 3 is 2.33 bits per heavy atom. The first-order valence-corrected chi connectivity index (χ1v) is 8.77. The molecule has 0 aliphatic heterocycles. The highest BCUT2D eigenvalue weighted by Crippen LogP contribution is 2.28. The molecule has 2 N–H and O–H groups in total. The summed E-state index contributed by atoms with van der Waals surface area (Å²) in [5.41, 5.74) is 10.6. The number of nitrogens with two attached hydrogens (primary N) is 1. The number of benzene rings is 2. The molecule has 0 saturated heterocycles. The predicted molar refractivity (Wildman–Crippen MR) is 102 cm³/mol. The molecule has 0 radical (unpaired) electrons. The van der Waals surface area contributed by atoms with E-state index in [1.54, 1.807) is 0 Å². The van der Waals surface area contributed by atoms with E-state index in [4.69, 9.17) is 10.7 Å². The lowest BCUT2D eigenvalue weighted by Gasteiger charge is -2.19. The van der Waals surface area contributed by atoms with Crippen LogP contribution in [0.2, 0.25) is 0 Å². The van der Waals surface area contributed by atoms with Gasteiger partial charge in [-0.15, -0.1) is 0 Å². The Kier molecular flexibility index (Phi) is 4.72. The molecular weight excluding hydrogens is 294 g/mol. The highest BCUT2D eigenvalue weighted by molar-refractivity contribution is 5.80. The largest absolute Gasteiger partial charge is 0.330 e. The van der Waals surface area contributed by atoms with Gasteiger partial charge in [-0.2, -0.15) is 0 Å². The third-order valence-electron chi connectivity index (χ3n) is 4.50. The number of hydrogen-bond donors (Lipinski definition) is 1. The van der Waals surface area contributed by atoms with Gasteiger partial charge in [0, 0.05) is 12.1 Å². The van der Waals surface area contributed by atoms with Crippen LogP contribution in [0.1, 0.15) is 39.2 Å². The van der Waals surface area contributed by atoms with Crippen LogP contribution >= 0.6 is 0 Å². The van der Waals surface area contributed by atoms with E-state index < -0.39 is 0 Å². The molecule has 1 aromatic heterocycles. The molecule has 24 heavy (non-hydrogen) atoms. The number of aromatic nitrogens is 2. The van der Waals surface area contributed by atoms with Crippen molar-refractivity contribution < 1.29 is 0 Å². The predicted octanol–water partition coefficient (Wildman–Crippen LogP) is 4.74.